The smallest absolute Gasteiger partial charge is 0.306 e. The molecule has 0 amide bonds. The molecule has 312 valence electrons. The fraction of sp³-hybridized carbons (Fsp3) is 0.653. The quantitative estimate of drug-likeness (QED) is 0.0205. The van der Waals surface area contributed by atoms with Crippen LogP contribution < -0.4 is 0 Å². The Kier molecular flexibility index (Phi) is 40.6. The molecule has 0 radical (unpaired) electrons. The van der Waals surface area contributed by atoms with Gasteiger partial charge in [0, 0.05) is 19.3 Å². The third-order valence-electron chi connectivity index (χ3n) is 8.93. The topological polar surface area (TPSA) is 78.9 Å². The lowest BCUT2D eigenvalue weighted by molar-refractivity contribution is -0.167. The van der Waals surface area contributed by atoms with Gasteiger partial charge >= 0.3 is 17.9 Å². The summed E-state index contributed by atoms with van der Waals surface area (Å²) in [5.74, 6) is -0.966. The summed E-state index contributed by atoms with van der Waals surface area (Å²) in [6, 6.07) is 0. The van der Waals surface area contributed by atoms with E-state index in [1.807, 2.05) is 6.08 Å². The first-order valence-electron chi connectivity index (χ1n) is 22.1. The molecule has 0 aliphatic rings. The summed E-state index contributed by atoms with van der Waals surface area (Å²) in [5.41, 5.74) is 0. The lowest BCUT2D eigenvalue weighted by atomic mass is 10.1. The normalized spacial score (nSPS) is 12.9. The van der Waals surface area contributed by atoms with Crippen LogP contribution in [0.2, 0.25) is 0 Å². The van der Waals surface area contributed by atoms with Crippen molar-refractivity contribution in [2.45, 2.75) is 194 Å². The van der Waals surface area contributed by atoms with E-state index < -0.39 is 6.10 Å². The number of ether oxygens (including phenoxy) is 3. The van der Waals surface area contributed by atoms with Crippen molar-refractivity contribution in [2.75, 3.05) is 13.2 Å². The molecule has 1 unspecified atom stereocenters. The maximum Gasteiger partial charge on any atom is 0.306 e. The van der Waals surface area contributed by atoms with Gasteiger partial charge in [0.1, 0.15) is 13.2 Å². The highest BCUT2D eigenvalue weighted by Gasteiger charge is 2.19. The van der Waals surface area contributed by atoms with Gasteiger partial charge in [0.25, 0.3) is 0 Å². The molecule has 6 heteroatoms. The molecular formula is C49H80O6. The van der Waals surface area contributed by atoms with E-state index in [-0.39, 0.29) is 31.1 Å². The van der Waals surface area contributed by atoms with Crippen LogP contribution in [0.15, 0.2) is 85.1 Å². The summed E-state index contributed by atoms with van der Waals surface area (Å²) in [4.78, 5) is 37.7. The van der Waals surface area contributed by atoms with Crippen LogP contribution in [0.3, 0.4) is 0 Å². The predicted octanol–water partition coefficient (Wildman–Crippen LogP) is 14.1. The first kappa shape index (κ1) is 51.6. The molecule has 1 atom stereocenters. The number of carbonyl (C=O) groups excluding carboxylic acids is 3. The Balaban J connectivity index is 4.48. The second kappa shape index (κ2) is 43.3. The van der Waals surface area contributed by atoms with Crippen molar-refractivity contribution >= 4 is 17.9 Å². The molecular weight excluding hydrogens is 685 g/mol. The molecule has 0 aliphatic heterocycles. The first-order chi connectivity index (χ1) is 27.0. The van der Waals surface area contributed by atoms with Crippen LogP contribution in [0, 0.1) is 0 Å². The lowest BCUT2D eigenvalue weighted by Crippen LogP contribution is -2.30. The molecule has 6 nitrogen and oxygen atoms in total. The largest absolute Gasteiger partial charge is 0.462 e. The first-order valence-corrected chi connectivity index (χ1v) is 22.1. The Bertz CT molecular complexity index is 1110. The molecule has 0 heterocycles. The number of allylic oxidation sites excluding steroid dienone is 14. The van der Waals surface area contributed by atoms with Gasteiger partial charge in [0.15, 0.2) is 6.10 Å². The summed E-state index contributed by atoms with van der Waals surface area (Å²) in [5, 5.41) is 0. The molecule has 0 aliphatic carbocycles. The molecule has 0 bridgehead atoms. The van der Waals surface area contributed by atoms with Gasteiger partial charge in [-0.05, 0) is 89.9 Å². The Hall–Kier alpha value is -3.41. The van der Waals surface area contributed by atoms with Gasteiger partial charge < -0.3 is 14.2 Å². The van der Waals surface area contributed by atoms with Gasteiger partial charge in [-0.15, -0.1) is 0 Å². The van der Waals surface area contributed by atoms with Crippen molar-refractivity contribution in [3.63, 3.8) is 0 Å². The van der Waals surface area contributed by atoms with Crippen molar-refractivity contribution in [2.24, 2.45) is 0 Å². The zero-order chi connectivity index (χ0) is 40.1. The minimum absolute atomic E-state index is 0.1000. The van der Waals surface area contributed by atoms with E-state index in [2.05, 4.69) is 99.8 Å². The highest BCUT2D eigenvalue weighted by atomic mass is 16.6. The fourth-order valence-corrected chi connectivity index (χ4v) is 5.61. The van der Waals surface area contributed by atoms with Crippen LogP contribution in [-0.2, 0) is 28.6 Å². The Morgan fingerprint density at radius 1 is 0.400 bits per heavy atom. The monoisotopic (exact) mass is 765 g/mol. The fourth-order valence-electron chi connectivity index (χ4n) is 5.61. The minimum atomic E-state index is -0.798. The van der Waals surface area contributed by atoms with Crippen LogP contribution >= 0.6 is 0 Å². The Labute approximate surface area is 337 Å². The molecule has 55 heavy (non-hydrogen) atoms. The van der Waals surface area contributed by atoms with Gasteiger partial charge in [-0.2, -0.15) is 0 Å². The number of hydrogen-bond acceptors (Lipinski definition) is 6. The minimum Gasteiger partial charge on any atom is -0.462 e. The summed E-state index contributed by atoms with van der Waals surface area (Å²) < 4.78 is 16.6. The number of hydrogen-bond donors (Lipinski definition) is 0. The van der Waals surface area contributed by atoms with Crippen molar-refractivity contribution in [3.8, 4) is 0 Å². The molecule has 0 aromatic carbocycles. The van der Waals surface area contributed by atoms with Crippen LogP contribution in [0.25, 0.3) is 0 Å². The van der Waals surface area contributed by atoms with Crippen LogP contribution in [-0.4, -0.2) is 37.2 Å². The molecule has 0 spiro atoms. The maximum atomic E-state index is 12.7. The Morgan fingerprint density at radius 3 is 1.33 bits per heavy atom. The molecule has 0 aromatic heterocycles. The number of rotatable bonds is 38. The second-order valence-corrected chi connectivity index (χ2v) is 14.2. The van der Waals surface area contributed by atoms with E-state index in [9.17, 15) is 14.4 Å². The van der Waals surface area contributed by atoms with E-state index in [1.54, 1.807) is 0 Å². The van der Waals surface area contributed by atoms with Gasteiger partial charge in [0.2, 0.25) is 0 Å². The van der Waals surface area contributed by atoms with E-state index in [4.69, 9.17) is 14.2 Å². The zero-order valence-corrected chi connectivity index (χ0v) is 35.4. The van der Waals surface area contributed by atoms with Crippen LogP contribution in [0.1, 0.15) is 188 Å². The van der Waals surface area contributed by atoms with E-state index in [0.717, 1.165) is 135 Å². The van der Waals surface area contributed by atoms with Gasteiger partial charge in [-0.25, -0.2) is 0 Å². The van der Waals surface area contributed by atoms with Gasteiger partial charge in [-0.1, -0.05) is 164 Å². The van der Waals surface area contributed by atoms with Crippen molar-refractivity contribution in [3.05, 3.63) is 85.1 Å². The van der Waals surface area contributed by atoms with E-state index in [1.165, 1.54) is 12.8 Å². The molecule has 0 saturated carbocycles. The number of carbonyl (C=O) groups is 3. The molecule has 0 rings (SSSR count). The summed E-state index contributed by atoms with van der Waals surface area (Å²) in [7, 11) is 0. The van der Waals surface area contributed by atoms with Gasteiger partial charge in [-0.3, -0.25) is 14.4 Å². The third kappa shape index (κ3) is 41.6. The van der Waals surface area contributed by atoms with Crippen LogP contribution in [0.5, 0.6) is 0 Å². The van der Waals surface area contributed by atoms with Gasteiger partial charge in [0.05, 0.1) is 0 Å². The summed E-state index contributed by atoms with van der Waals surface area (Å²) >= 11 is 0. The molecule has 0 aromatic rings. The molecule has 0 N–H and O–H groups in total. The third-order valence-corrected chi connectivity index (χ3v) is 8.93. The van der Waals surface area contributed by atoms with E-state index in [0.29, 0.717) is 19.3 Å². The van der Waals surface area contributed by atoms with Crippen molar-refractivity contribution in [1.29, 1.82) is 0 Å². The number of unbranched alkanes of at least 4 members (excludes halogenated alkanes) is 15. The van der Waals surface area contributed by atoms with E-state index >= 15 is 0 Å². The highest BCUT2D eigenvalue weighted by Crippen LogP contribution is 2.12. The predicted molar refractivity (Wildman–Crippen MR) is 233 cm³/mol. The highest BCUT2D eigenvalue weighted by molar-refractivity contribution is 5.71. The summed E-state index contributed by atoms with van der Waals surface area (Å²) in [6.07, 6.45) is 54.2. The lowest BCUT2D eigenvalue weighted by Gasteiger charge is -2.18. The SMILES string of the molecule is CC\C=C/C=C\C=C/CCCCCCCC(=O)OC(COC(=O)CCCCCC/C=C\C/C=C\C/C=C\CC)COC(=O)CCCCCC/C=C\CCCC. The Morgan fingerprint density at radius 2 is 0.800 bits per heavy atom. The average Bonchev–Trinajstić information content (AvgIpc) is 3.18. The van der Waals surface area contributed by atoms with Crippen LogP contribution in [0.4, 0.5) is 0 Å². The summed E-state index contributed by atoms with van der Waals surface area (Å²) in [6.45, 7) is 6.27. The zero-order valence-electron chi connectivity index (χ0n) is 35.4. The molecule has 0 saturated heterocycles. The second-order valence-electron chi connectivity index (χ2n) is 14.2. The standard InChI is InChI=1S/C49H80O6/c1-4-7-10-13-16-19-22-24-26-27-30-33-36-39-42-48(51)54-45-46(44-53-47(50)41-38-35-32-29-21-18-15-12-9-6-3)55-49(52)43-40-37-34-31-28-25-23-20-17-14-11-8-5-2/h7-8,10-11,14-20,23-24,26,46H,4-6,9,12-13,21-22,25,27-45H2,1-3H3/b10-7-,11-8-,17-14-,18-15-,19-16-,23-20-,26-24-. The van der Waals surface area contributed by atoms with Crippen molar-refractivity contribution < 1.29 is 28.6 Å². The molecule has 0 fully saturated rings. The maximum absolute atomic E-state index is 12.7. The van der Waals surface area contributed by atoms with Crippen molar-refractivity contribution in [1.82, 2.24) is 0 Å². The number of esters is 3. The average molecular weight is 765 g/mol.